The van der Waals surface area contributed by atoms with Crippen LogP contribution in [0.15, 0.2) is 24.3 Å². The monoisotopic (exact) mass is 217 g/mol. The first-order valence-corrected chi connectivity index (χ1v) is 4.59. The molecule has 0 atom stereocenters. The van der Waals surface area contributed by atoms with Crippen molar-refractivity contribution < 1.29 is 14.3 Å². The Kier molecular flexibility index (Phi) is 4.10. The number of primary amides is 1. The molecule has 0 fully saturated rings. The lowest BCUT2D eigenvalue weighted by Crippen LogP contribution is -2.12. The minimum absolute atomic E-state index is 0.0103. The molecule has 1 amide bonds. The lowest BCUT2D eigenvalue weighted by atomic mass is 10.1. The van der Waals surface area contributed by atoms with Gasteiger partial charge in [0.05, 0.1) is 12.7 Å². The standard InChI is InChI=1S/C12H11NO3/c1-16-11(14)8-4-6-9-5-2-3-7-10(9)12(13)15/h2-3,5,7H,8H2,1H3,(H2,13,15). The molecule has 2 N–H and O–H groups in total. The third-order valence-corrected chi connectivity index (χ3v) is 1.88. The molecule has 0 aliphatic rings. The van der Waals surface area contributed by atoms with Gasteiger partial charge in [-0.15, -0.1) is 0 Å². The summed E-state index contributed by atoms with van der Waals surface area (Å²) in [4.78, 5) is 21.8. The summed E-state index contributed by atoms with van der Waals surface area (Å²) in [5, 5.41) is 0. The summed E-state index contributed by atoms with van der Waals surface area (Å²) in [6.45, 7) is 0. The van der Waals surface area contributed by atoms with Crippen molar-refractivity contribution >= 4 is 11.9 Å². The Labute approximate surface area is 93.4 Å². The van der Waals surface area contributed by atoms with Crippen molar-refractivity contribution in [1.82, 2.24) is 0 Å². The van der Waals surface area contributed by atoms with Gasteiger partial charge in [-0.2, -0.15) is 0 Å². The minimum Gasteiger partial charge on any atom is -0.468 e. The van der Waals surface area contributed by atoms with Gasteiger partial charge in [0.1, 0.15) is 6.42 Å². The molecule has 0 spiro atoms. The smallest absolute Gasteiger partial charge is 0.317 e. The number of hydrogen-bond acceptors (Lipinski definition) is 3. The Morgan fingerprint density at radius 2 is 2.06 bits per heavy atom. The summed E-state index contributed by atoms with van der Waals surface area (Å²) in [7, 11) is 1.29. The molecule has 0 aliphatic carbocycles. The van der Waals surface area contributed by atoms with Gasteiger partial charge in [0.25, 0.3) is 0 Å². The van der Waals surface area contributed by atoms with Crippen molar-refractivity contribution in [3.8, 4) is 11.8 Å². The highest BCUT2D eigenvalue weighted by Crippen LogP contribution is 2.05. The maximum Gasteiger partial charge on any atom is 0.317 e. The van der Waals surface area contributed by atoms with E-state index in [1.54, 1.807) is 24.3 Å². The van der Waals surface area contributed by atoms with Gasteiger partial charge in [-0.3, -0.25) is 9.59 Å². The largest absolute Gasteiger partial charge is 0.468 e. The van der Waals surface area contributed by atoms with Crippen molar-refractivity contribution in [1.29, 1.82) is 0 Å². The average molecular weight is 217 g/mol. The maximum absolute atomic E-state index is 11.0. The van der Waals surface area contributed by atoms with Crippen LogP contribution in [0.3, 0.4) is 0 Å². The van der Waals surface area contributed by atoms with Crippen LogP contribution in [0.25, 0.3) is 0 Å². The highest BCUT2D eigenvalue weighted by atomic mass is 16.5. The molecule has 0 aromatic heterocycles. The molecule has 0 unspecified atom stereocenters. The summed E-state index contributed by atoms with van der Waals surface area (Å²) in [6, 6.07) is 6.70. The van der Waals surface area contributed by atoms with Crippen molar-refractivity contribution in [2.24, 2.45) is 5.73 Å². The fourth-order valence-corrected chi connectivity index (χ4v) is 1.09. The Hall–Kier alpha value is -2.28. The topological polar surface area (TPSA) is 69.4 Å². The normalized spacial score (nSPS) is 8.81. The number of rotatable bonds is 2. The number of amides is 1. The molecule has 0 saturated carbocycles. The third kappa shape index (κ3) is 3.14. The number of hydrogen-bond donors (Lipinski definition) is 1. The minimum atomic E-state index is -0.539. The van der Waals surface area contributed by atoms with Crippen LogP contribution in [-0.2, 0) is 9.53 Å². The summed E-state index contributed by atoms with van der Waals surface area (Å²) in [5.41, 5.74) is 6.03. The molecule has 0 aliphatic heterocycles. The van der Waals surface area contributed by atoms with Crippen LogP contribution in [0.2, 0.25) is 0 Å². The number of nitrogens with two attached hydrogens (primary N) is 1. The second kappa shape index (κ2) is 5.56. The van der Waals surface area contributed by atoms with E-state index in [1.807, 2.05) is 0 Å². The molecule has 0 heterocycles. The predicted molar refractivity (Wildman–Crippen MR) is 58.5 cm³/mol. The third-order valence-electron chi connectivity index (χ3n) is 1.88. The molecule has 1 aromatic rings. The van der Waals surface area contributed by atoms with Gasteiger partial charge in [0.15, 0.2) is 0 Å². The highest BCUT2D eigenvalue weighted by Gasteiger charge is 2.04. The van der Waals surface area contributed by atoms with E-state index in [1.165, 1.54) is 7.11 Å². The zero-order chi connectivity index (χ0) is 12.0. The van der Waals surface area contributed by atoms with Gasteiger partial charge in [-0.25, -0.2) is 0 Å². The molecule has 0 radical (unpaired) electrons. The molecule has 1 rings (SSSR count). The van der Waals surface area contributed by atoms with Gasteiger partial charge >= 0.3 is 5.97 Å². The second-order valence-corrected chi connectivity index (χ2v) is 2.96. The maximum atomic E-state index is 11.0. The summed E-state index contributed by atoms with van der Waals surface area (Å²) in [5.74, 6) is 4.37. The van der Waals surface area contributed by atoms with E-state index >= 15 is 0 Å². The van der Waals surface area contributed by atoms with Crippen LogP contribution in [0.4, 0.5) is 0 Å². The molecule has 0 saturated heterocycles. The number of benzene rings is 1. The molecule has 4 heteroatoms. The quantitative estimate of drug-likeness (QED) is 0.585. The van der Waals surface area contributed by atoms with Gasteiger partial charge in [-0.1, -0.05) is 24.0 Å². The van der Waals surface area contributed by atoms with Crippen molar-refractivity contribution in [3.05, 3.63) is 35.4 Å². The van der Waals surface area contributed by atoms with Crippen LogP contribution in [-0.4, -0.2) is 19.0 Å². The highest BCUT2D eigenvalue weighted by molar-refractivity contribution is 5.95. The van der Waals surface area contributed by atoms with Crippen molar-refractivity contribution in [2.75, 3.05) is 7.11 Å². The number of carbonyl (C=O) groups excluding carboxylic acids is 2. The van der Waals surface area contributed by atoms with Crippen LogP contribution < -0.4 is 5.73 Å². The van der Waals surface area contributed by atoms with Crippen LogP contribution in [0.5, 0.6) is 0 Å². The van der Waals surface area contributed by atoms with E-state index in [0.717, 1.165) is 0 Å². The molecule has 0 bridgehead atoms. The second-order valence-electron chi connectivity index (χ2n) is 2.96. The zero-order valence-corrected chi connectivity index (χ0v) is 8.82. The van der Waals surface area contributed by atoms with E-state index in [2.05, 4.69) is 16.6 Å². The molecule has 1 aromatic carbocycles. The molecule has 16 heavy (non-hydrogen) atoms. The molecular weight excluding hydrogens is 206 g/mol. The van der Waals surface area contributed by atoms with E-state index in [-0.39, 0.29) is 6.42 Å². The van der Waals surface area contributed by atoms with E-state index in [9.17, 15) is 9.59 Å². The van der Waals surface area contributed by atoms with Crippen molar-refractivity contribution in [3.63, 3.8) is 0 Å². The molecular formula is C12H11NO3. The first-order chi connectivity index (χ1) is 7.65. The fourth-order valence-electron chi connectivity index (χ4n) is 1.09. The van der Waals surface area contributed by atoms with E-state index in [4.69, 9.17) is 5.73 Å². The molecule has 4 nitrogen and oxygen atoms in total. The van der Waals surface area contributed by atoms with E-state index in [0.29, 0.717) is 11.1 Å². The number of methoxy groups -OCH3 is 1. The Morgan fingerprint density at radius 1 is 1.38 bits per heavy atom. The first kappa shape index (κ1) is 11.8. The van der Waals surface area contributed by atoms with Crippen LogP contribution >= 0.6 is 0 Å². The van der Waals surface area contributed by atoms with Gasteiger partial charge in [0.2, 0.25) is 5.91 Å². The number of esters is 1. The lowest BCUT2D eigenvalue weighted by molar-refractivity contribution is -0.139. The first-order valence-electron chi connectivity index (χ1n) is 4.59. The summed E-state index contributed by atoms with van der Waals surface area (Å²) < 4.78 is 4.43. The predicted octanol–water partition coefficient (Wildman–Crippen LogP) is 0.700. The van der Waals surface area contributed by atoms with Gasteiger partial charge in [-0.05, 0) is 12.1 Å². The lowest BCUT2D eigenvalue weighted by Gasteiger charge is -1.97. The van der Waals surface area contributed by atoms with Crippen LogP contribution in [0, 0.1) is 11.8 Å². The van der Waals surface area contributed by atoms with Crippen LogP contribution in [0.1, 0.15) is 22.3 Å². The number of ether oxygens (including phenoxy) is 1. The van der Waals surface area contributed by atoms with Gasteiger partial charge < -0.3 is 10.5 Å². The number of carbonyl (C=O) groups is 2. The zero-order valence-electron chi connectivity index (χ0n) is 8.82. The Balaban J connectivity index is 2.88. The van der Waals surface area contributed by atoms with Crippen molar-refractivity contribution in [2.45, 2.75) is 6.42 Å². The van der Waals surface area contributed by atoms with E-state index < -0.39 is 11.9 Å². The summed E-state index contributed by atoms with van der Waals surface area (Å²) in [6.07, 6.45) is -0.0103. The summed E-state index contributed by atoms with van der Waals surface area (Å²) >= 11 is 0. The molecule has 82 valence electrons. The Morgan fingerprint density at radius 3 is 2.69 bits per heavy atom. The van der Waals surface area contributed by atoms with Gasteiger partial charge in [0, 0.05) is 5.56 Å². The fraction of sp³-hybridized carbons (Fsp3) is 0.167. The Bertz CT molecular complexity index is 469. The average Bonchev–Trinajstić information content (AvgIpc) is 2.29. The SMILES string of the molecule is COC(=O)CC#Cc1ccccc1C(N)=O.